The first kappa shape index (κ1) is 29.4. The fourth-order valence-electron chi connectivity index (χ4n) is 4.55. The quantitative estimate of drug-likeness (QED) is 0.315. The van der Waals surface area contributed by atoms with Crippen molar-refractivity contribution < 1.29 is 19.0 Å². The molecule has 1 N–H and O–H groups in total. The van der Waals surface area contributed by atoms with Gasteiger partial charge in [-0.15, -0.1) is 0 Å². The molecule has 8 nitrogen and oxygen atoms in total. The fourth-order valence-corrected chi connectivity index (χ4v) is 4.55. The summed E-state index contributed by atoms with van der Waals surface area (Å²) in [4.78, 5) is 21.5. The standard InChI is InChI=1S/C30H46N4O4/c1-8-10-17-36-27-16-15-26(28(32-27)37-18-11-9-2)31-24-13-12-14-25(19-24)34-22(3)20-33(21-23(34)4)29(35)38-30(5,6)7/h12-16,19,22-23,31H,8-11,17-18,20-21H2,1-7H3/t22-,23+. The summed E-state index contributed by atoms with van der Waals surface area (Å²) in [5.74, 6) is 1.13. The predicted octanol–water partition coefficient (Wildman–Crippen LogP) is 7.02. The van der Waals surface area contributed by atoms with Gasteiger partial charge in [0.1, 0.15) is 11.3 Å². The number of carbonyl (C=O) groups is 1. The third-order valence-electron chi connectivity index (χ3n) is 6.31. The first-order valence-electron chi connectivity index (χ1n) is 14.0. The SMILES string of the molecule is CCCCOc1ccc(Nc2cccc(N3[C@H](C)CN(C(=O)OC(C)(C)C)C[C@@H]3C)c2)c(OCCCC)n1. The second-order valence-electron chi connectivity index (χ2n) is 11.1. The second kappa shape index (κ2) is 13.6. The van der Waals surface area contributed by atoms with Crippen molar-refractivity contribution in [2.45, 2.75) is 91.8 Å². The largest absolute Gasteiger partial charge is 0.478 e. The summed E-state index contributed by atoms with van der Waals surface area (Å²) in [7, 11) is 0. The number of amides is 1. The van der Waals surface area contributed by atoms with Crippen LogP contribution >= 0.6 is 0 Å². The zero-order valence-corrected chi connectivity index (χ0v) is 24.3. The zero-order chi connectivity index (χ0) is 27.7. The van der Waals surface area contributed by atoms with Gasteiger partial charge in [0.2, 0.25) is 11.8 Å². The summed E-state index contributed by atoms with van der Waals surface area (Å²) in [5, 5.41) is 3.50. The lowest BCUT2D eigenvalue weighted by atomic mass is 10.1. The van der Waals surface area contributed by atoms with Gasteiger partial charge in [-0.3, -0.25) is 0 Å². The molecule has 3 rings (SSSR count). The van der Waals surface area contributed by atoms with Gasteiger partial charge in [0.25, 0.3) is 0 Å². The molecule has 1 aromatic carbocycles. The maximum Gasteiger partial charge on any atom is 0.410 e. The monoisotopic (exact) mass is 526 g/mol. The minimum absolute atomic E-state index is 0.135. The van der Waals surface area contributed by atoms with E-state index >= 15 is 0 Å². The smallest absolute Gasteiger partial charge is 0.410 e. The van der Waals surface area contributed by atoms with Crippen molar-refractivity contribution in [1.82, 2.24) is 9.88 Å². The van der Waals surface area contributed by atoms with Crippen LogP contribution in [0.1, 0.15) is 74.1 Å². The number of piperazine rings is 1. The number of unbranched alkanes of at least 4 members (excludes halogenated alkanes) is 2. The number of ether oxygens (including phenoxy) is 3. The molecule has 0 unspecified atom stereocenters. The second-order valence-corrected chi connectivity index (χ2v) is 11.1. The highest BCUT2D eigenvalue weighted by molar-refractivity contribution is 5.71. The minimum Gasteiger partial charge on any atom is -0.478 e. The van der Waals surface area contributed by atoms with Gasteiger partial charge in [0.15, 0.2) is 0 Å². The average Bonchev–Trinajstić information content (AvgIpc) is 2.84. The molecule has 8 heteroatoms. The molecule has 210 valence electrons. The summed E-state index contributed by atoms with van der Waals surface area (Å²) >= 11 is 0. The van der Waals surface area contributed by atoms with Gasteiger partial charge in [0.05, 0.1) is 13.2 Å². The number of anilines is 3. The zero-order valence-electron chi connectivity index (χ0n) is 24.3. The van der Waals surface area contributed by atoms with Crippen LogP contribution in [-0.2, 0) is 4.74 Å². The van der Waals surface area contributed by atoms with Crippen LogP contribution in [0.5, 0.6) is 11.8 Å². The number of nitrogens with zero attached hydrogens (tertiary/aromatic N) is 3. The first-order chi connectivity index (χ1) is 18.1. The van der Waals surface area contributed by atoms with Crippen molar-refractivity contribution in [3.8, 4) is 11.8 Å². The number of benzene rings is 1. The van der Waals surface area contributed by atoms with E-state index in [1.54, 1.807) is 0 Å². The van der Waals surface area contributed by atoms with Crippen molar-refractivity contribution >= 4 is 23.2 Å². The molecule has 1 aliphatic rings. The Hall–Kier alpha value is -3.16. The number of rotatable bonds is 11. The van der Waals surface area contributed by atoms with Crippen LogP contribution in [0.2, 0.25) is 0 Å². The van der Waals surface area contributed by atoms with Gasteiger partial charge in [-0.05, 0) is 71.7 Å². The highest BCUT2D eigenvalue weighted by Gasteiger charge is 2.34. The Morgan fingerprint density at radius 2 is 1.66 bits per heavy atom. The van der Waals surface area contributed by atoms with Crippen molar-refractivity contribution in [1.29, 1.82) is 0 Å². The average molecular weight is 527 g/mol. The van der Waals surface area contributed by atoms with E-state index in [4.69, 9.17) is 14.2 Å². The topological polar surface area (TPSA) is 76.2 Å². The van der Waals surface area contributed by atoms with Crippen molar-refractivity contribution in [2.24, 2.45) is 0 Å². The van der Waals surface area contributed by atoms with E-state index in [0.717, 1.165) is 42.7 Å². The maximum absolute atomic E-state index is 12.7. The molecule has 1 aromatic heterocycles. The number of hydrogen-bond acceptors (Lipinski definition) is 7. The van der Waals surface area contributed by atoms with E-state index in [2.05, 4.69) is 55.0 Å². The summed E-state index contributed by atoms with van der Waals surface area (Å²) in [6, 6.07) is 12.5. The third-order valence-corrected chi connectivity index (χ3v) is 6.31. The van der Waals surface area contributed by atoms with E-state index in [1.807, 2.05) is 49.9 Å². The van der Waals surface area contributed by atoms with Crippen molar-refractivity contribution in [3.63, 3.8) is 0 Å². The highest BCUT2D eigenvalue weighted by atomic mass is 16.6. The number of hydrogen-bond donors (Lipinski definition) is 1. The van der Waals surface area contributed by atoms with Crippen LogP contribution < -0.4 is 19.7 Å². The number of aromatic nitrogens is 1. The summed E-state index contributed by atoms with van der Waals surface area (Å²) in [6.07, 6.45) is 3.82. The molecule has 1 fully saturated rings. The predicted molar refractivity (Wildman–Crippen MR) is 154 cm³/mol. The lowest BCUT2D eigenvalue weighted by molar-refractivity contribution is 0.0193. The molecular formula is C30H46N4O4. The Morgan fingerprint density at radius 3 is 2.29 bits per heavy atom. The third kappa shape index (κ3) is 8.43. The normalized spacial score (nSPS) is 17.8. The molecule has 38 heavy (non-hydrogen) atoms. The van der Waals surface area contributed by atoms with Crippen LogP contribution in [0, 0.1) is 0 Å². The number of carbonyl (C=O) groups excluding carboxylic acids is 1. The molecule has 1 aliphatic heterocycles. The molecule has 2 atom stereocenters. The highest BCUT2D eigenvalue weighted by Crippen LogP contribution is 2.32. The molecule has 2 aromatic rings. The van der Waals surface area contributed by atoms with Crippen LogP contribution in [0.15, 0.2) is 36.4 Å². The fraction of sp³-hybridized carbons (Fsp3) is 0.600. The molecule has 1 amide bonds. The van der Waals surface area contributed by atoms with Gasteiger partial charge < -0.3 is 29.3 Å². The molecule has 0 saturated carbocycles. The Kier molecular flexibility index (Phi) is 10.5. The molecular weight excluding hydrogens is 480 g/mol. The Balaban J connectivity index is 1.75. The molecule has 1 saturated heterocycles. The lowest BCUT2D eigenvalue weighted by Crippen LogP contribution is -2.58. The van der Waals surface area contributed by atoms with E-state index in [0.29, 0.717) is 38.1 Å². The van der Waals surface area contributed by atoms with E-state index in [9.17, 15) is 4.79 Å². The van der Waals surface area contributed by atoms with Gasteiger partial charge in [0, 0.05) is 42.6 Å². The Labute approximate surface area is 228 Å². The maximum atomic E-state index is 12.7. The minimum atomic E-state index is -0.505. The molecule has 2 heterocycles. The first-order valence-corrected chi connectivity index (χ1v) is 14.0. The van der Waals surface area contributed by atoms with Crippen LogP contribution in [0.4, 0.5) is 21.9 Å². The van der Waals surface area contributed by atoms with Crippen LogP contribution in [0.3, 0.4) is 0 Å². The summed E-state index contributed by atoms with van der Waals surface area (Å²) in [5.41, 5.74) is 2.34. The van der Waals surface area contributed by atoms with E-state index < -0.39 is 5.60 Å². The molecule has 0 bridgehead atoms. The Bertz CT molecular complexity index is 1030. The van der Waals surface area contributed by atoms with Gasteiger partial charge in [-0.2, -0.15) is 4.98 Å². The Morgan fingerprint density at radius 1 is 1.00 bits per heavy atom. The van der Waals surface area contributed by atoms with Gasteiger partial charge >= 0.3 is 6.09 Å². The lowest BCUT2D eigenvalue weighted by Gasteiger charge is -2.46. The summed E-state index contributed by atoms with van der Waals surface area (Å²) < 4.78 is 17.5. The van der Waals surface area contributed by atoms with E-state index in [-0.39, 0.29) is 18.2 Å². The van der Waals surface area contributed by atoms with Crippen molar-refractivity contribution in [3.05, 3.63) is 36.4 Å². The summed E-state index contributed by atoms with van der Waals surface area (Å²) in [6.45, 7) is 16.7. The van der Waals surface area contributed by atoms with Gasteiger partial charge in [-0.1, -0.05) is 32.8 Å². The number of nitrogens with one attached hydrogen (secondary N) is 1. The van der Waals surface area contributed by atoms with Gasteiger partial charge in [-0.25, -0.2) is 4.79 Å². The molecule has 0 spiro atoms. The van der Waals surface area contributed by atoms with Crippen LogP contribution in [-0.4, -0.2) is 60.0 Å². The van der Waals surface area contributed by atoms with Crippen molar-refractivity contribution in [2.75, 3.05) is 36.5 Å². The number of pyridine rings is 1. The molecule has 0 radical (unpaired) electrons. The van der Waals surface area contributed by atoms with Crippen LogP contribution in [0.25, 0.3) is 0 Å². The van der Waals surface area contributed by atoms with E-state index in [1.165, 1.54) is 0 Å². The molecule has 0 aliphatic carbocycles.